The number of amides is 2. The maximum absolute atomic E-state index is 13.7. The second-order valence-corrected chi connectivity index (χ2v) is 9.75. The van der Waals surface area contributed by atoms with Crippen molar-refractivity contribution in [1.82, 2.24) is 10.2 Å². The van der Waals surface area contributed by atoms with Gasteiger partial charge in [-0.05, 0) is 61.1 Å². The summed E-state index contributed by atoms with van der Waals surface area (Å²) in [6.07, 6.45) is 4.69. The predicted octanol–water partition coefficient (Wildman–Crippen LogP) is 5.38. The monoisotopic (exact) mass is 484 g/mol. The van der Waals surface area contributed by atoms with Gasteiger partial charge in [0, 0.05) is 19.0 Å². The smallest absolute Gasteiger partial charge is 0.261 e. The molecule has 3 aromatic rings. The molecule has 0 aliphatic heterocycles. The van der Waals surface area contributed by atoms with Gasteiger partial charge in [-0.2, -0.15) is 0 Å². The summed E-state index contributed by atoms with van der Waals surface area (Å²) in [7, 11) is 0. The van der Waals surface area contributed by atoms with Crippen molar-refractivity contribution >= 4 is 11.8 Å². The first kappa shape index (κ1) is 25.5. The molecule has 1 fully saturated rings. The van der Waals surface area contributed by atoms with E-state index >= 15 is 0 Å². The largest absolute Gasteiger partial charge is 0.484 e. The summed E-state index contributed by atoms with van der Waals surface area (Å²) in [5, 5.41) is 3.24. The van der Waals surface area contributed by atoms with Gasteiger partial charge in [-0.1, -0.05) is 79.6 Å². The second-order valence-electron chi connectivity index (χ2n) is 9.75. The van der Waals surface area contributed by atoms with Crippen molar-refractivity contribution in [2.24, 2.45) is 0 Å². The van der Waals surface area contributed by atoms with Gasteiger partial charge in [0.2, 0.25) is 5.91 Å². The molecule has 0 saturated heterocycles. The highest BCUT2D eigenvalue weighted by atomic mass is 16.5. The van der Waals surface area contributed by atoms with Crippen molar-refractivity contribution in [2.75, 3.05) is 6.61 Å². The van der Waals surface area contributed by atoms with E-state index in [0.717, 1.165) is 47.9 Å². The van der Waals surface area contributed by atoms with Crippen LogP contribution < -0.4 is 10.1 Å². The first-order valence-electron chi connectivity index (χ1n) is 12.9. The molecule has 0 unspecified atom stereocenters. The molecule has 0 heterocycles. The summed E-state index contributed by atoms with van der Waals surface area (Å²) >= 11 is 0. The molecule has 0 bridgehead atoms. The van der Waals surface area contributed by atoms with Gasteiger partial charge >= 0.3 is 0 Å². The summed E-state index contributed by atoms with van der Waals surface area (Å²) in [6, 6.07) is 25.1. The van der Waals surface area contributed by atoms with E-state index in [1.807, 2.05) is 92.7 Å². The lowest BCUT2D eigenvalue weighted by Crippen LogP contribution is -2.53. The van der Waals surface area contributed by atoms with Gasteiger partial charge in [-0.25, -0.2) is 0 Å². The maximum Gasteiger partial charge on any atom is 0.261 e. The first-order valence-corrected chi connectivity index (χ1v) is 12.9. The Labute approximate surface area is 214 Å². The Kier molecular flexibility index (Phi) is 8.77. The fourth-order valence-electron chi connectivity index (χ4n) is 4.83. The fraction of sp³-hybridized carbons (Fsp3) is 0.355. The average Bonchev–Trinajstić information content (AvgIpc) is 3.39. The number of hydrogen-bond acceptors (Lipinski definition) is 3. The molecule has 36 heavy (non-hydrogen) atoms. The zero-order valence-electron chi connectivity index (χ0n) is 21.3. The number of aryl methyl sites for hydroxylation is 2. The van der Waals surface area contributed by atoms with Gasteiger partial charge in [0.25, 0.3) is 5.91 Å². The second kappa shape index (κ2) is 12.4. The van der Waals surface area contributed by atoms with Crippen LogP contribution in [0.2, 0.25) is 0 Å². The maximum atomic E-state index is 13.7. The zero-order valence-corrected chi connectivity index (χ0v) is 21.3. The molecule has 4 rings (SSSR count). The highest BCUT2D eigenvalue weighted by Gasteiger charge is 2.32. The molecule has 0 spiro atoms. The molecule has 5 heteroatoms. The van der Waals surface area contributed by atoms with Crippen molar-refractivity contribution in [1.29, 1.82) is 0 Å². The van der Waals surface area contributed by atoms with E-state index in [1.54, 1.807) is 4.90 Å². The average molecular weight is 485 g/mol. The minimum Gasteiger partial charge on any atom is -0.484 e. The van der Waals surface area contributed by atoms with Crippen molar-refractivity contribution in [3.63, 3.8) is 0 Å². The van der Waals surface area contributed by atoms with Gasteiger partial charge in [0.05, 0.1) is 0 Å². The van der Waals surface area contributed by atoms with Crippen molar-refractivity contribution in [3.05, 3.63) is 101 Å². The molecule has 2 amide bonds. The molecule has 5 nitrogen and oxygen atoms in total. The molecule has 1 saturated carbocycles. The number of rotatable bonds is 10. The predicted molar refractivity (Wildman–Crippen MR) is 143 cm³/mol. The van der Waals surface area contributed by atoms with Gasteiger partial charge in [-0.3, -0.25) is 9.59 Å². The van der Waals surface area contributed by atoms with Gasteiger partial charge in [0.1, 0.15) is 11.8 Å². The van der Waals surface area contributed by atoms with Crippen LogP contribution in [0.3, 0.4) is 0 Å². The van der Waals surface area contributed by atoms with Crippen LogP contribution in [-0.4, -0.2) is 35.4 Å². The molecule has 1 N–H and O–H groups in total. The molecular formula is C31H36N2O3. The third kappa shape index (κ3) is 6.97. The van der Waals surface area contributed by atoms with Crippen molar-refractivity contribution in [3.8, 4) is 5.75 Å². The third-order valence-electron chi connectivity index (χ3n) is 6.93. The first-order chi connectivity index (χ1) is 17.5. The van der Waals surface area contributed by atoms with Gasteiger partial charge in [-0.15, -0.1) is 0 Å². The lowest BCUT2D eigenvalue weighted by Gasteiger charge is -2.32. The molecule has 188 valence electrons. The van der Waals surface area contributed by atoms with Crippen LogP contribution in [0, 0.1) is 13.8 Å². The molecular weight excluding hydrogens is 448 g/mol. The zero-order chi connectivity index (χ0) is 25.3. The number of benzene rings is 3. The van der Waals surface area contributed by atoms with Gasteiger partial charge in [0.15, 0.2) is 6.61 Å². The van der Waals surface area contributed by atoms with Crippen LogP contribution in [0.1, 0.15) is 47.9 Å². The van der Waals surface area contributed by atoms with E-state index < -0.39 is 6.04 Å². The number of nitrogens with one attached hydrogen (secondary N) is 1. The Balaban J connectivity index is 1.62. The Morgan fingerprint density at radius 1 is 0.944 bits per heavy atom. The molecule has 3 aromatic carbocycles. The summed E-state index contributed by atoms with van der Waals surface area (Å²) in [4.78, 5) is 29.1. The van der Waals surface area contributed by atoms with Crippen LogP contribution in [0.15, 0.2) is 78.9 Å². The third-order valence-corrected chi connectivity index (χ3v) is 6.93. The van der Waals surface area contributed by atoms with E-state index in [2.05, 4.69) is 5.32 Å². The minimum absolute atomic E-state index is 0.0942. The lowest BCUT2D eigenvalue weighted by atomic mass is 10.0. The highest BCUT2D eigenvalue weighted by Crippen LogP contribution is 2.21. The summed E-state index contributed by atoms with van der Waals surface area (Å²) in [5.41, 5.74) is 4.19. The summed E-state index contributed by atoms with van der Waals surface area (Å²) in [5.74, 6) is 0.347. The molecule has 1 aliphatic rings. The lowest BCUT2D eigenvalue weighted by molar-refractivity contribution is -0.143. The number of ether oxygens (including phenoxy) is 1. The number of hydrogen-bond donors (Lipinski definition) is 1. The summed E-state index contributed by atoms with van der Waals surface area (Å²) in [6.45, 7) is 4.24. The topological polar surface area (TPSA) is 58.6 Å². The van der Waals surface area contributed by atoms with E-state index in [1.165, 1.54) is 0 Å². The van der Waals surface area contributed by atoms with Crippen LogP contribution in [0.25, 0.3) is 0 Å². The number of carbonyl (C=O) groups is 2. The van der Waals surface area contributed by atoms with Gasteiger partial charge < -0.3 is 15.0 Å². The van der Waals surface area contributed by atoms with Crippen LogP contribution >= 0.6 is 0 Å². The van der Waals surface area contributed by atoms with E-state index in [0.29, 0.717) is 18.7 Å². The Morgan fingerprint density at radius 2 is 1.67 bits per heavy atom. The quantitative estimate of drug-likeness (QED) is 0.420. The minimum atomic E-state index is -0.638. The molecule has 1 aliphatic carbocycles. The molecule has 0 aromatic heterocycles. The van der Waals surface area contributed by atoms with Crippen LogP contribution in [0.4, 0.5) is 0 Å². The summed E-state index contributed by atoms with van der Waals surface area (Å²) < 4.78 is 5.89. The highest BCUT2D eigenvalue weighted by molar-refractivity contribution is 5.88. The SMILES string of the molecule is Cc1cccc(OCC(=O)N(Cc2ccccc2C)[C@H](Cc2ccccc2)C(=O)NC2CCCC2)c1. The molecule has 1 atom stereocenters. The molecule has 0 radical (unpaired) electrons. The van der Waals surface area contributed by atoms with E-state index in [9.17, 15) is 9.59 Å². The number of carbonyl (C=O) groups excluding carboxylic acids is 2. The standard InChI is InChI=1S/C31H36N2O3/c1-23-11-10-18-28(19-23)36-22-30(34)33(21-26-15-7-6-12-24(26)2)29(20-25-13-4-3-5-14-25)31(35)32-27-16-8-9-17-27/h3-7,10-15,18-19,27,29H,8-9,16-17,20-22H2,1-2H3,(H,32,35)/t29-/m1/s1. The number of nitrogens with zero attached hydrogens (tertiary/aromatic N) is 1. The van der Waals surface area contributed by atoms with E-state index in [-0.39, 0.29) is 24.5 Å². The van der Waals surface area contributed by atoms with Crippen LogP contribution in [-0.2, 0) is 22.6 Å². The van der Waals surface area contributed by atoms with Crippen LogP contribution in [0.5, 0.6) is 5.75 Å². The Morgan fingerprint density at radius 3 is 2.39 bits per heavy atom. The fourth-order valence-corrected chi connectivity index (χ4v) is 4.83. The Bertz CT molecular complexity index is 1160. The Hall–Kier alpha value is -3.60. The van der Waals surface area contributed by atoms with Crippen molar-refractivity contribution in [2.45, 2.75) is 64.6 Å². The van der Waals surface area contributed by atoms with E-state index in [4.69, 9.17) is 4.74 Å². The van der Waals surface area contributed by atoms with Crippen molar-refractivity contribution < 1.29 is 14.3 Å². The normalized spacial score (nSPS) is 14.3.